The average Bonchev–Trinajstić information content (AvgIpc) is 2.55. The monoisotopic (exact) mass is 198 g/mol. The topological polar surface area (TPSA) is 33.2 Å². The maximum absolute atomic E-state index is 11.1. The number of likely N-dealkylation sites (N-methyl/N-ethyl adjacent to an activating group) is 1. The minimum absolute atomic E-state index is 0.0262. The standard InChI is InChI=1S/C9H14N2OS/c1-7(8(2)12)11(3)4-9-5-13-6-10-9/h5-7H,4H2,1-3H3. The van der Waals surface area contributed by atoms with Crippen LogP contribution in [0, 0.1) is 0 Å². The molecule has 0 bridgehead atoms. The summed E-state index contributed by atoms with van der Waals surface area (Å²) in [5, 5.41) is 2.00. The van der Waals surface area contributed by atoms with E-state index in [9.17, 15) is 4.79 Å². The van der Waals surface area contributed by atoms with Crippen LogP contribution in [0.15, 0.2) is 10.9 Å². The molecule has 0 aromatic carbocycles. The Bertz CT molecular complexity index is 271. The number of hydrogen-bond acceptors (Lipinski definition) is 4. The van der Waals surface area contributed by atoms with Crippen molar-refractivity contribution in [1.29, 1.82) is 0 Å². The molecule has 0 spiro atoms. The van der Waals surface area contributed by atoms with Gasteiger partial charge in [0.15, 0.2) is 0 Å². The molecule has 72 valence electrons. The van der Waals surface area contributed by atoms with E-state index in [-0.39, 0.29) is 11.8 Å². The van der Waals surface area contributed by atoms with Crippen molar-refractivity contribution in [1.82, 2.24) is 9.88 Å². The number of rotatable bonds is 4. The molecule has 1 atom stereocenters. The predicted octanol–water partition coefficient (Wildman–Crippen LogP) is 1.55. The lowest BCUT2D eigenvalue weighted by Crippen LogP contribution is -2.34. The Hall–Kier alpha value is -0.740. The molecule has 1 aromatic heterocycles. The van der Waals surface area contributed by atoms with Gasteiger partial charge in [-0.3, -0.25) is 9.69 Å². The zero-order valence-corrected chi connectivity index (χ0v) is 8.97. The van der Waals surface area contributed by atoms with Crippen molar-refractivity contribution in [3.05, 3.63) is 16.6 Å². The summed E-state index contributed by atoms with van der Waals surface area (Å²) in [6.45, 7) is 4.27. The molecule has 1 rings (SSSR count). The molecule has 0 fully saturated rings. The molecule has 0 aliphatic heterocycles. The molecular weight excluding hydrogens is 184 g/mol. The smallest absolute Gasteiger partial charge is 0.146 e. The predicted molar refractivity (Wildman–Crippen MR) is 53.7 cm³/mol. The highest BCUT2D eigenvalue weighted by molar-refractivity contribution is 7.07. The van der Waals surface area contributed by atoms with E-state index in [2.05, 4.69) is 4.98 Å². The van der Waals surface area contributed by atoms with Gasteiger partial charge in [-0.1, -0.05) is 0 Å². The maximum atomic E-state index is 11.1. The zero-order chi connectivity index (χ0) is 9.84. The highest BCUT2D eigenvalue weighted by atomic mass is 32.1. The summed E-state index contributed by atoms with van der Waals surface area (Å²) in [5.74, 6) is 0.192. The molecule has 1 heterocycles. The van der Waals surface area contributed by atoms with E-state index in [1.54, 1.807) is 18.3 Å². The van der Waals surface area contributed by atoms with Gasteiger partial charge in [0.2, 0.25) is 0 Å². The first kappa shape index (κ1) is 10.3. The van der Waals surface area contributed by atoms with E-state index >= 15 is 0 Å². The second kappa shape index (κ2) is 4.48. The maximum Gasteiger partial charge on any atom is 0.146 e. The van der Waals surface area contributed by atoms with Crippen LogP contribution >= 0.6 is 11.3 Å². The number of aromatic nitrogens is 1. The van der Waals surface area contributed by atoms with Gasteiger partial charge in [0.05, 0.1) is 17.2 Å². The third kappa shape index (κ3) is 2.90. The van der Waals surface area contributed by atoms with Gasteiger partial charge in [0, 0.05) is 11.9 Å². The third-order valence-electron chi connectivity index (χ3n) is 2.14. The van der Waals surface area contributed by atoms with E-state index in [1.807, 2.05) is 29.8 Å². The number of ketones is 1. The van der Waals surface area contributed by atoms with Crippen molar-refractivity contribution in [2.75, 3.05) is 7.05 Å². The lowest BCUT2D eigenvalue weighted by Gasteiger charge is -2.20. The van der Waals surface area contributed by atoms with E-state index in [1.165, 1.54) is 0 Å². The number of carbonyl (C=O) groups is 1. The summed E-state index contributed by atoms with van der Waals surface area (Å²) in [5.41, 5.74) is 2.84. The Labute approximate surface area is 82.4 Å². The van der Waals surface area contributed by atoms with Gasteiger partial charge >= 0.3 is 0 Å². The van der Waals surface area contributed by atoms with E-state index < -0.39 is 0 Å². The Morgan fingerprint density at radius 2 is 2.46 bits per heavy atom. The van der Waals surface area contributed by atoms with Gasteiger partial charge in [-0.05, 0) is 20.9 Å². The molecule has 0 aliphatic rings. The second-order valence-electron chi connectivity index (χ2n) is 3.18. The molecule has 0 saturated heterocycles. The van der Waals surface area contributed by atoms with Crippen LogP contribution in [0.25, 0.3) is 0 Å². The lowest BCUT2D eigenvalue weighted by atomic mass is 10.2. The van der Waals surface area contributed by atoms with Crippen molar-refractivity contribution < 1.29 is 4.79 Å². The number of hydrogen-bond donors (Lipinski definition) is 0. The Kier molecular flexibility index (Phi) is 3.57. The zero-order valence-electron chi connectivity index (χ0n) is 8.15. The summed E-state index contributed by atoms with van der Waals surface area (Å²) < 4.78 is 0. The number of nitrogens with zero attached hydrogens (tertiary/aromatic N) is 2. The van der Waals surface area contributed by atoms with Gasteiger partial charge in [0.25, 0.3) is 0 Å². The number of carbonyl (C=O) groups excluding carboxylic acids is 1. The highest BCUT2D eigenvalue weighted by Gasteiger charge is 2.14. The highest BCUT2D eigenvalue weighted by Crippen LogP contribution is 2.06. The Balaban J connectivity index is 2.50. The third-order valence-corrected chi connectivity index (χ3v) is 2.78. The average molecular weight is 198 g/mol. The number of Topliss-reactive ketones (excluding diaryl/α,β-unsaturated/α-hetero) is 1. The summed E-state index contributed by atoms with van der Waals surface area (Å²) in [6, 6.07) is -0.0262. The lowest BCUT2D eigenvalue weighted by molar-refractivity contribution is -0.121. The minimum Gasteiger partial charge on any atom is -0.298 e. The Morgan fingerprint density at radius 3 is 2.92 bits per heavy atom. The van der Waals surface area contributed by atoms with E-state index in [4.69, 9.17) is 0 Å². The molecule has 0 radical (unpaired) electrons. The quantitative estimate of drug-likeness (QED) is 0.736. The fourth-order valence-corrected chi connectivity index (χ4v) is 1.57. The normalized spacial score (nSPS) is 13.2. The van der Waals surface area contributed by atoms with Crippen LogP contribution in [0.4, 0.5) is 0 Å². The van der Waals surface area contributed by atoms with Gasteiger partial charge in [0.1, 0.15) is 5.78 Å². The van der Waals surface area contributed by atoms with Crippen molar-refractivity contribution in [3.63, 3.8) is 0 Å². The molecule has 1 aromatic rings. The van der Waals surface area contributed by atoms with Crippen LogP contribution in [0.3, 0.4) is 0 Å². The molecule has 4 heteroatoms. The molecule has 3 nitrogen and oxygen atoms in total. The van der Waals surface area contributed by atoms with Crippen LogP contribution in [-0.4, -0.2) is 28.8 Å². The molecular formula is C9H14N2OS. The van der Waals surface area contributed by atoms with Crippen LogP contribution in [0.5, 0.6) is 0 Å². The summed E-state index contributed by atoms with van der Waals surface area (Å²) in [6.07, 6.45) is 0. The first-order valence-corrected chi connectivity index (χ1v) is 5.13. The van der Waals surface area contributed by atoms with Crippen molar-refractivity contribution in [2.45, 2.75) is 26.4 Å². The first-order chi connectivity index (χ1) is 6.11. The van der Waals surface area contributed by atoms with Gasteiger partial charge in [-0.25, -0.2) is 4.98 Å². The van der Waals surface area contributed by atoms with Crippen LogP contribution in [0.2, 0.25) is 0 Å². The summed E-state index contributed by atoms with van der Waals surface area (Å²) in [4.78, 5) is 17.2. The molecule has 0 saturated carbocycles. The molecule has 1 unspecified atom stereocenters. The van der Waals surface area contributed by atoms with Gasteiger partial charge in [-0.2, -0.15) is 0 Å². The minimum atomic E-state index is -0.0262. The number of thiazole rings is 1. The van der Waals surface area contributed by atoms with Crippen molar-refractivity contribution in [3.8, 4) is 0 Å². The van der Waals surface area contributed by atoms with Crippen LogP contribution in [-0.2, 0) is 11.3 Å². The van der Waals surface area contributed by atoms with Crippen LogP contribution < -0.4 is 0 Å². The molecule has 0 amide bonds. The molecule has 0 N–H and O–H groups in total. The van der Waals surface area contributed by atoms with Gasteiger partial charge < -0.3 is 0 Å². The van der Waals surface area contributed by atoms with Crippen molar-refractivity contribution >= 4 is 17.1 Å². The summed E-state index contributed by atoms with van der Waals surface area (Å²) >= 11 is 1.58. The van der Waals surface area contributed by atoms with Crippen molar-refractivity contribution in [2.24, 2.45) is 0 Å². The molecule has 0 aliphatic carbocycles. The second-order valence-corrected chi connectivity index (χ2v) is 3.90. The van der Waals surface area contributed by atoms with Gasteiger partial charge in [-0.15, -0.1) is 11.3 Å². The van der Waals surface area contributed by atoms with Crippen LogP contribution in [0.1, 0.15) is 19.5 Å². The summed E-state index contributed by atoms with van der Waals surface area (Å²) in [7, 11) is 1.94. The largest absolute Gasteiger partial charge is 0.298 e. The fraction of sp³-hybridized carbons (Fsp3) is 0.556. The van der Waals surface area contributed by atoms with E-state index in [0.29, 0.717) is 0 Å². The SMILES string of the molecule is CC(=O)C(C)N(C)Cc1cscn1. The Morgan fingerprint density at radius 1 is 1.77 bits per heavy atom. The first-order valence-electron chi connectivity index (χ1n) is 4.19. The molecule has 13 heavy (non-hydrogen) atoms. The fourth-order valence-electron chi connectivity index (χ4n) is 1.02. The van der Waals surface area contributed by atoms with E-state index in [0.717, 1.165) is 12.2 Å².